The molecule has 2 aliphatic carbocycles. The lowest BCUT2D eigenvalue weighted by Crippen LogP contribution is -2.44. The minimum atomic E-state index is -0.405. The quantitative estimate of drug-likeness (QED) is 0.409. The molecular weight excluding hydrogens is 482 g/mol. The topological polar surface area (TPSA) is 46.6 Å². The Bertz CT molecular complexity index is 1260. The van der Waals surface area contributed by atoms with Gasteiger partial charge in [-0.1, -0.05) is 75.7 Å². The first-order valence-electron chi connectivity index (χ1n) is 13.3. The number of ketones is 2. The van der Waals surface area contributed by atoms with Crippen molar-refractivity contribution >= 4 is 23.2 Å². The molecule has 3 aliphatic rings. The lowest BCUT2D eigenvalue weighted by atomic mass is 9.63. The van der Waals surface area contributed by atoms with Crippen molar-refractivity contribution in [3.05, 3.63) is 87.2 Å². The zero-order chi connectivity index (χ0) is 26.5. The molecule has 0 saturated carbocycles. The van der Waals surface area contributed by atoms with E-state index in [0.29, 0.717) is 36.8 Å². The van der Waals surface area contributed by atoms with Crippen molar-refractivity contribution in [1.82, 2.24) is 4.90 Å². The monoisotopic (exact) mass is 517 g/mol. The number of carbonyl (C=O) groups excluding carboxylic acids is 2. The number of nitrogens with zero attached hydrogens (tertiary/aromatic N) is 1. The van der Waals surface area contributed by atoms with Crippen molar-refractivity contribution in [2.75, 3.05) is 6.61 Å². The third kappa shape index (κ3) is 4.88. The van der Waals surface area contributed by atoms with Crippen LogP contribution in [0.3, 0.4) is 0 Å². The summed E-state index contributed by atoms with van der Waals surface area (Å²) < 4.78 is 5.67. The van der Waals surface area contributed by atoms with Crippen LogP contribution in [0.15, 0.2) is 71.1 Å². The van der Waals surface area contributed by atoms with Gasteiger partial charge in [0.05, 0.1) is 11.6 Å². The van der Waals surface area contributed by atoms with Crippen LogP contribution in [0.2, 0.25) is 5.02 Å². The van der Waals surface area contributed by atoms with E-state index in [0.717, 1.165) is 46.5 Å². The highest BCUT2D eigenvalue weighted by atomic mass is 35.5. The fraction of sp³-hybridized carbons (Fsp3) is 0.438. The maximum absolute atomic E-state index is 13.9. The van der Waals surface area contributed by atoms with E-state index in [9.17, 15) is 9.59 Å². The number of hydrogen-bond donors (Lipinski definition) is 0. The number of ether oxygens (including phenoxy) is 1. The summed E-state index contributed by atoms with van der Waals surface area (Å²) in [6.45, 7) is 11.7. The summed E-state index contributed by atoms with van der Waals surface area (Å²) in [4.78, 5) is 30.1. The van der Waals surface area contributed by atoms with Crippen LogP contribution in [-0.4, -0.2) is 23.1 Å². The van der Waals surface area contributed by atoms with E-state index in [1.54, 1.807) is 0 Å². The molecule has 5 rings (SSSR count). The summed E-state index contributed by atoms with van der Waals surface area (Å²) in [6.07, 6.45) is 2.50. The van der Waals surface area contributed by atoms with Crippen LogP contribution in [0, 0.1) is 10.8 Å². The Morgan fingerprint density at radius 2 is 1.43 bits per heavy atom. The zero-order valence-electron chi connectivity index (χ0n) is 22.5. The molecule has 0 atom stereocenters. The van der Waals surface area contributed by atoms with Crippen LogP contribution in [0.25, 0.3) is 0 Å². The summed E-state index contributed by atoms with van der Waals surface area (Å²) in [6, 6.07) is 16.1. The molecule has 1 aliphatic heterocycles. The van der Waals surface area contributed by atoms with Gasteiger partial charge in [0.1, 0.15) is 5.75 Å². The van der Waals surface area contributed by atoms with E-state index >= 15 is 0 Å². The molecule has 1 heterocycles. The normalized spacial score (nSPS) is 21.2. The molecule has 0 fully saturated rings. The van der Waals surface area contributed by atoms with Gasteiger partial charge in [0.15, 0.2) is 11.6 Å². The van der Waals surface area contributed by atoms with Gasteiger partial charge in [0.25, 0.3) is 0 Å². The van der Waals surface area contributed by atoms with Gasteiger partial charge in [-0.05, 0) is 53.9 Å². The van der Waals surface area contributed by atoms with E-state index in [4.69, 9.17) is 16.3 Å². The Morgan fingerprint density at radius 1 is 0.865 bits per heavy atom. The number of Topliss-reactive ketones (excluding diaryl/α,β-unsaturated/α-hetero) is 2. The van der Waals surface area contributed by atoms with E-state index in [2.05, 4.69) is 44.7 Å². The molecule has 0 bridgehead atoms. The van der Waals surface area contributed by atoms with Crippen molar-refractivity contribution in [2.45, 2.75) is 72.8 Å². The molecule has 2 aromatic rings. The lowest BCUT2D eigenvalue weighted by Gasteiger charge is -2.49. The Hall–Kier alpha value is -2.85. The predicted molar refractivity (Wildman–Crippen MR) is 147 cm³/mol. The van der Waals surface area contributed by atoms with Crippen molar-refractivity contribution in [3.8, 4) is 5.75 Å². The molecule has 37 heavy (non-hydrogen) atoms. The summed E-state index contributed by atoms with van der Waals surface area (Å²) in [7, 11) is 0. The smallest absolute Gasteiger partial charge is 0.162 e. The average Bonchev–Trinajstić information content (AvgIpc) is 2.80. The molecule has 0 spiro atoms. The highest BCUT2D eigenvalue weighted by Crippen LogP contribution is 2.55. The number of rotatable bonds is 5. The zero-order valence-corrected chi connectivity index (χ0v) is 23.2. The first kappa shape index (κ1) is 25.8. The highest BCUT2D eigenvalue weighted by molar-refractivity contribution is 6.32. The second-order valence-electron chi connectivity index (χ2n) is 12.2. The van der Waals surface area contributed by atoms with Gasteiger partial charge in [-0.3, -0.25) is 9.59 Å². The SMILES string of the molecule is CCOc1ccc(C2C3=C(CC(C)(C)CC3=O)N(Cc3ccccc3)C3=C2C(=O)CC(C)(C)C3)cc1Cl. The summed E-state index contributed by atoms with van der Waals surface area (Å²) in [5, 5.41) is 0.502. The maximum Gasteiger partial charge on any atom is 0.162 e. The standard InChI is InChI=1S/C32H36ClNO3/c1-6-37-27-13-12-21(14-22(27)33)28-29-23(15-31(2,3)17-25(29)35)34(19-20-10-8-7-9-11-20)24-16-32(4,5)18-26(36)30(24)28/h7-14,28H,6,15-19H2,1-5H3. The largest absolute Gasteiger partial charge is 0.492 e. The van der Waals surface area contributed by atoms with Gasteiger partial charge in [-0.2, -0.15) is 0 Å². The van der Waals surface area contributed by atoms with Crippen molar-refractivity contribution in [2.24, 2.45) is 10.8 Å². The van der Waals surface area contributed by atoms with Crippen LogP contribution in [0.4, 0.5) is 0 Å². The van der Waals surface area contributed by atoms with E-state index < -0.39 is 5.92 Å². The van der Waals surface area contributed by atoms with E-state index in [-0.39, 0.29) is 22.4 Å². The molecule has 0 unspecified atom stereocenters. The first-order chi connectivity index (χ1) is 17.5. The summed E-state index contributed by atoms with van der Waals surface area (Å²) >= 11 is 6.64. The number of allylic oxidation sites excluding steroid dienone is 4. The van der Waals surface area contributed by atoms with Gasteiger partial charge < -0.3 is 9.64 Å². The summed E-state index contributed by atoms with van der Waals surface area (Å²) in [5.41, 5.74) is 5.39. The van der Waals surface area contributed by atoms with Gasteiger partial charge in [-0.15, -0.1) is 0 Å². The second kappa shape index (κ2) is 9.47. The van der Waals surface area contributed by atoms with Crippen LogP contribution in [0.5, 0.6) is 5.75 Å². The Morgan fingerprint density at radius 3 is 1.95 bits per heavy atom. The van der Waals surface area contributed by atoms with Gasteiger partial charge >= 0.3 is 0 Å². The van der Waals surface area contributed by atoms with Crippen molar-refractivity contribution in [1.29, 1.82) is 0 Å². The molecule has 0 N–H and O–H groups in total. The average molecular weight is 518 g/mol. The van der Waals surface area contributed by atoms with Crippen molar-refractivity contribution in [3.63, 3.8) is 0 Å². The third-order valence-electron chi connectivity index (χ3n) is 7.79. The Kier molecular flexibility index (Phi) is 6.60. The Balaban J connectivity index is 1.74. The predicted octanol–water partition coefficient (Wildman–Crippen LogP) is 7.62. The number of halogens is 1. The second-order valence-corrected chi connectivity index (χ2v) is 12.6. The number of hydrogen-bond acceptors (Lipinski definition) is 4. The highest BCUT2D eigenvalue weighted by Gasteiger charge is 2.49. The number of carbonyl (C=O) groups is 2. The molecule has 0 aromatic heterocycles. The fourth-order valence-corrected chi connectivity index (χ4v) is 6.55. The molecule has 5 heteroatoms. The first-order valence-corrected chi connectivity index (χ1v) is 13.6. The van der Waals surface area contributed by atoms with Crippen LogP contribution in [-0.2, 0) is 16.1 Å². The fourth-order valence-electron chi connectivity index (χ4n) is 6.31. The van der Waals surface area contributed by atoms with Gasteiger partial charge in [0, 0.05) is 47.8 Å². The molecule has 194 valence electrons. The minimum absolute atomic E-state index is 0.128. The molecule has 0 saturated heterocycles. The molecule has 2 aromatic carbocycles. The maximum atomic E-state index is 13.9. The summed E-state index contributed by atoms with van der Waals surface area (Å²) in [5.74, 6) is 0.467. The minimum Gasteiger partial charge on any atom is -0.492 e. The Labute approximate surface area is 225 Å². The van der Waals surface area contributed by atoms with E-state index in [1.807, 2.05) is 43.3 Å². The van der Waals surface area contributed by atoms with E-state index in [1.165, 1.54) is 0 Å². The molecular formula is C32H36ClNO3. The molecule has 0 amide bonds. The van der Waals surface area contributed by atoms with Crippen LogP contribution < -0.4 is 4.74 Å². The molecule has 4 nitrogen and oxygen atoms in total. The lowest BCUT2D eigenvalue weighted by molar-refractivity contribution is -0.119. The molecule has 0 radical (unpaired) electrons. The third-order valence-corrected chi connectivity index (χ3v) is 8.09. The van der Waals surface area contributed by atoms with Gasteiger partial charge in [0.2, 0.25) is 0 Å². The van der Waals surface area contributed by atoms with Crippen LogP contribution >= 0.6 is 11.6 Å². The van der Waals surface area contributed by atoms with Crippen LogP contribution in [0.1, 0.15) is 77.3 Å². The number of benzene rings is 2. The van der Waals surface area contributed by atoms with Gasteiger partial charge in [-0.25, -0.2) is 0 Å². The van der Waals surface area contributed by atoms with Crippen molar-refractivity contribution < 1.29 is 14.3 Å².